The molecule has 11 N–H and O–H groups in total. The number of carbonyl (C=O) groups is 5. The van der Waals surface area contributed by atoms with E-state index in [1.807, 2.05) is 187 Å². The van der Waals surface area contributed by atoms with Crippen LogP contribution in [0.25, 0.3) is 56.9 Å². The number of nitro benzene ring substituents is 2. The number of amides is 5. The number of unbranched alkanes of at least 4 members (excludes halogenated alkanes) is 3. The Balaban J connectivity index is 0.000000136. The first-order valence-electron chi connectivity index (χ1n) is 46.0. The number of benzene rings is 9. The highest BCUT2D eigenvalue weighted by Crippen LogP contribution is 2.45. The smallest absolute Gasteiger partial charge is 0.271 e. The van der Waals surface area contributed by atoms with Crippen LogP contribution >= 0.6 is 0 Å². The van der Waals surface area contributed by atoms with Gasteiger partial charge in [0.25, 0.3) is 11.4 Å². The Hall–Kier alpha value is -17.5. The highest BCUT2D eigenvalue weighted by atomic mass is 16.6. The van der Waals surface area contributed by atoms with E-state index >= 15 is 0 Å². The molecular formula is C107H100N22O15. The van der Waals surface area contributed by atoms with Crippen molar-refractivity contribution in [1.82, 2.24) is 49.8 Å². The molecule has 0 spiro atoms. The van der Waals surface area contributed by atoms with E-state index in [9.17, 15) is 74.8 Å². The normalized spacial score (nSPS) is 12.9. The van der Waals surface area contributed by atoms with Gasteiger partial charge in [-0.2, -0.15) is 0 Å². The number of nitrogens with zero attached hydrogens (tertiary/aromatic N) is 17. The van der Waals surface area contributed by atoms with Crippen molar-refractivity contribution in [3.05, 3.63) is 328 Å². The van der Waals surface area contributed by atoms with Crippen molar-refractivity contribution in [3.63, 3.8) is 0 Å². The molecule has 0 radical (unpaired) electrons. The number of rotatable bonds is 26. The van der Waals surface area contributed by atoms with Gasteiger partial charge in [0.1, 0.15) is 34.8 Å². The van der Waals surface area contributed by atoms with Gasteiger partial charge in [-0.1, -0.05) is 200 Å². The van der Waals surface area contributed by atoms with Gasteiger partial charge in [0.15, 0.2) is 29.1 Å². The quantitative estimate of drug-likeness (QED) is 0.0104. The van der Waals surface area contributed by atoms with Gasteiger partial charge >= 0.3 is 0 Å². The van der Waals surface area contributed by atoms with E-state index in [0.29, 0.717) is 126 Å². The number of hydrogen-bond donors (Lipinski definition) is 11. The van der Waals surface area contributed by atoms with Crippen LogP contribution in [0, 0.1) is 95.7 Å². The maximum Gasteiger partial charge on any atom is 0.271 e. The lowest BCUT2D eigenvalue weighted by atomic mass is 10.1. The molecule has 0 bridgehead atoms. The van der Waals surface area contributed by atoms with E-state index in [1.165, 1.54) is 57.2 Å². The zero-order valence-electron chi connectivity index (χ0n) is 79.8. The Morgan fingerprint density at radius 3 is 0.972 bits per heavy atom. The van der Waals surface area contributed by atoms with Crippen LogP contribution < -0.4 is 24.5 Å². The number of non-ortho nitro benzene ring substituents is 2. The van der Waals surface area contributed by atoms with Gasteiger partial charge in [-0.3, -0.25) is 68.7 Å². The summed E-state index contributed by atoms with van der Waals surface area (Å²) in [5.74, 6) is 3.05. The summed E-state index contributed by atoms with van der Waals surface area (Å²) in [7, 11) is 0. The van der Waals surface area contributed by atoms with E-state index < -0.39 is 42.9 Å². The third-order valence-electron chi connectivity index (χ3n) is 24.5. The summed E-state index contributed by atoms with van der Waals surface area (Å²) in [5.41, 5.74) is 16.2. The van der Waals surface area contributed by atoms with Crippen LogP contribution in [0.15, 0.2) is 212 Å². The number of aliphatic hydroxyl groups excluding tert-OH is 5. The number of aryl methyl sites for hydroxylation is 7. The van der Waals surface area contributed by atoms with E-state index in [4.69, 9.17) is 32.0 Å². The molecule has 0 saturated heterocycles. The van der Waals surface area contributed by atoms with E-state index in [2.05, 4.69) is 51.8 Å². The first-order chi connectivity index (χ1) is 69.2. The first kappa shape index (κ1) is 101. The van der Waals surface area contributed by atoms with Crippen molar-refractivity contribution in [2.75, 3.05) is 64.1 Å². The highest BCUT2D eigenvalue weighted by Gasteiger charge is 2.41. The molecule has 5 aliphatic rings. The molecule has 0 atom stereocenters. The summed E-state index contributed by atoms with van der Waals surface area (Å²) < 4.78 is 0. The van der Waals surface area contributed by atoms with Crippen LogP contribution in [-0.2, 0) is 56.1 Å². The number of aromatic hydroxyl groups is 1. The fourth-order valence-corrected chi connectivity index (χ4v) is 16.8. The minimum atomic E-state index is -0.540. The third kappa shape index (κ3) is 21.4. The maximum absolute atomic E-state index is 12.9. The molecule has 144 heavy (non-hydrogen) atoms. The average molecular weight is 1930 g/mol. The highest BCUT2D eigenvalue weighted by molar-refractivity contribution is 6.15. The van der Waals surface area contributed by atoms with Gasteiger partial charge in [0.2, 0.25) is 29.5 Å². The molecule has 10 heterocycles. The van der Waals surface area contributed by atoms with Crippen LogP contribution in [-0.4, -0.2) is 188 Å². The molecule has 5 aromatic heterocycles. The number of carbonyl (C=O) groups excluding carboxylic acids is 5. The van der Waals surface area contributed by atoms with Gasteiger partial charge in [0.05, 0.1) is 155 Å². The number of phenols is 1. The Morgan fingerprint density at radius 1 is 0.319 bits per heavy atom. The molecule has 5 amide bonds. The lowest BCUT2D eigenvalue weighted by Gasteiger charge is -2.20. The third-order valence-corrected chi connectivity index (χ3v) is 24.5. The Morgan fingerprint density at radius 2 is 0.632 bits per heavy atom. The van der Waals surface area contributed by atoms with Crippen molar-refractivity contribution in [3.8, 4) is 62.7 Å². The lowest BCUT2D eigenvalue weighted by molar-refractivity contribution is -0.385. The summed E-state index contributed by atoms with van der Waals surface area (Å²) in [6, 6.07) is 62.1. The summed E-state index contributed by atoms with van der Waals surface area (Å²) in [4.78, 5) is 138. The topological polar surface area (TPSA) is 557 Å². The first-order valence-corrected chi connectivity index (χ1v) is 46.0. The molecule has 0 fully saturated rings. The minimum Gasteiger partial charge on any atom is -0.508 e. The van der Waals surface area contributed by atoms with Gasteiger partial charge in [-0.05, 0) is 108 Å². The summed E-state index contributed by atoms with van der Waals surface area (Å²) in [6.07, 6.45) is 4.55. The number of phenolic OH excluding ortho intramolecular Hbond substituents is 1. The molecule has 728 valence electrons. The second-order valence-electron chi connectivity index (χ2n) is 34.7. The Kier molecular flexibility index (Phi) is 30.8. The number of anilines is 9. The average Bonchev–Trinajstić information content (AvgIpc) is 1.59. The SMILES string of the molecule is CCCCCCN1C(=O)Cc2c(C(=N)CO)nc(-c3ccc(C)cc3)nc21.Cc1ccc(-c2nc(C(=N)CO)c3c(n2)N(c2ccc([N+](=O)[O-])cc2)C(=O)C3)cc1.Cc1ccc(-c2nc(C(=N)CO)c3c(n2)N(c2cccc([N+](=O)[O-])c2)C(=O)C3)cc1.Cc1ccc(-c2nc(C(=N)CO)c3c(n2)N(c2ccccc2C)C(=O)C3)cc1.Cc1ccc(-c2nc(C(=N)CO)c3c(n2)N(c2ccccc2C)C(=O)C3)cc1O. The van der Waals surface area contributed by atoms with Crippen LogP contribution in [0.5, 0.6) is 5.75 Å². The maximum atomic E-state index is 12.9. The van der Waals surface area contributed by atoms with Crippen molar-refractivity contribution in [1.29, 1.82) is 27.0 Å². The van der Waals surface area contributed by atoms with Crippen molar-refractivity contribution < 1.29 is 64.5 Å². The summed E-state index contributed by atoms with van der Waals surface area (Å²) >= 11 is 0. The number of nitrogens with one attached hydrogen (secondary N) is 5. The number of para-hydroxylation sites is 2. The molecule has 0 saturated carbocycles. The molecule has 0 aliphatic carbocycles. The molecule has 0 unspecified atom stereocenters. The van der Waals surface area contributed by atoms with Crippen LogP contribution in [0.4, 0.5) is 63.2 Å². The van der Waals surface area contributed by atoms with E-state index in [-0.39, 0.29) is 136 Å². The van der Waals surface area contributed by atoms with Crippen LogP contribution in [0.2, 0.25) is 0 Å². The molecular weight excluding hydrogens is 1830 g/mol. The van der Waals surface area contributed by atoms with Gasteiger partial charge in [0, 0.05) is 86.4 Å². The fourth-order valence-electron chi connectivity index (χ4n) is 16.8. The number of fused-ring (bicyclic) bond motifs is 5. The van der Waals surface area contributed by atoms with Gasteiger partial charge < -0.3 is 57.7 Å². The molecule has 37 heteroatoms. The zero-order valence-corrected chi connectivity index (χ0v) is 79.8. The molecule has 14 aromatic rings. The lowest BCUT2D eigenvalue weighted by Crippen LogP contribution is -2.28. The molecule has 37 nitrogen and oxygen atoms in total. The molecule has 19 rings (SSSR count). The van der Waals surface area contributed by atoms with Crippen molar-refractivity contribution >= 4 is 121 Å². The molecule has 5 aliphatic heterocycles. The minimum absolute atomic E-state index is 0.0103. The second kappa shape index (κ2) is 43.9. The predicted molar refractivity (Wildman–Crippen MR) is 544 cm³/mol. The fraction of sp³-hybridized carbons (Fsp3) is 0.215. The number of hydrogen-bond acceptors (Lipinski definition) is 30. The van der Waals surface area contributed by atoms with Gasteiger partial charge in [-0.15, -0.1) is 0 Å². The van der Waals surface area contributed by atoms with Crippen LogP contribution in [0.3, 0.4) is 0 Å². The summed E-state index contributed by atoms with van der Waals surface area (Å²) in [6.45, 7) is 13.9. The monoisotopic (exact) mass is 1930 g/mol. The number of nitro groups is 2. The second-order valence-corrected chi connectivity index (χ2v) is 34.7. The molecule has 9 aromatic carbocycles. The summed E-state index contributed by atoms with van der Waals surface area (Å²) in [5, 5.41) is 120. The van der Waals surface area contributed by atoms with E-state index in [1.54, 1.807) is 41.0 Å². The van der Waals surface area contributed by atoms with E-state index in [0.717, 1.165) is 81.4 Å². The standard InChI is InChI=1S/C22H20N4O3.C22H20N4O2.2C21H17N5O4.C21H26N4O2/c1-12-5-3-4-6-17(12)26-19(29)10-15-20(16(23)11-27)24-21(25-22(15)26)14-8-7-13(2)18(28)9-14;1-13-7-9-15(10-8-13)21-24-20(17(23)12-27)16-11-19(28)26(22(16)25-21)18-6-4-3-5-14(18)2;1-12-2-4-13(5-3-12)20-23-19(17(22)11-27)16-10-18(28)25(21(16)24-20)14-6-8-15(9-7-14)26(29)30;1-12-5-7-13(8-6-12)20-23-19(17(22)11-27)16-10-18(28)25(21(16)24-20)14-3-2-4-15(9-14)26(29)30;1-3-4-5-6-11-25-18(27)12-16-19(17(22)13-26)23-20(24-21(16)25)15-9-7-14(2)8-10-15/h3-9,23,27-28H,10-11H2,1-2H3;3-10,23,27H,11-12H2,1-2H3;2*2-9,22,27H,10-11H2,1H3;7-10,22,26H,3-6,11-13H2,1-2H3. The predicted octanol–water partition coefficient (Wildman–Crippen LogP) is 15.6. The number of aliphatic hydroxyl groups is 5. The van der Waals surface area contributed by atoms with Gasteiger partial charge in [-0.25, -0.2) is 49.8 Å². The number of aromatic nitrogens is 10. The van der Waals surface area contributed by atoms with Crippen molar-refractivity contribution in [2.45, 2.75) is 113 Å². The largest absolute Gasteiger partial charge is 0.508 e. The zero-order chi connectivity index (χ0) is 103. The Labute approximate surface area is 826 Å². The van der Waals surface area contributed by atoms with Crippen molar-refractivity contribution in [2.24, 2.45) is 0 Å². The van der Waals surface area contributed by atoms with Crippen LogP contribution in [0.1, 0.15) is 128 Å². The Bertz CT molecular complexity index is 7490.